The highest BCUT2D eigenvalue weighted by Crippen LogP contribution is 2.10. The maximum atomic E-state index is 11.9. The Morgan fingerprint density at radius 1 is 1.30 bits per heavy atom. The number of likely N-dealkylation sites (N-methyl/N-ethyl adjacent to an activating group) is 1. The van der Waals surface area contributed by atoms with Crippen molar-refractivity contribution in [2.24, 2.45) is 11.5 Å². The van der Waals surface area contributed by atoms with Gasteiger partial charge in [0.25, 0.3) is 0 Å². The number of benzene rings is 1. The molecule has 1 aromatic carbocycles. The molecule has 0 aliphatic heterocycles. The summed E-state index contributed by atoms with van der Waals surface area (Å²) in [5, 5.41) is 2.73. The molecule has 0 fully saturated rings. The van der Waals surface area contributed by atoms with Gasteiger partial charge in [-0.3, -0.25) is 14.5 Å². The fourth-order valence-corrected chi connectivity index (χ4v) is 1.78. The summed E-state index contributed by atoms with van der Waals surface area (Å²) in [5.74, 6) is -0.691. The molecule has 1 rings (SSSR count). The molecule has 0 spiro atoms. The van der Waals surface area contributed by atoms with Gasteiger partial charge in [0.05, 0.1) is 13.1 Å². The zero-order valence-corrected chi connectivity index (χ0v) is 12.1. The van der Waals surface area contributed by atoms with E-state index < -0.39 is 5.91 Å². The van der Waals surface area contributed by atoms with Crippen molar-refractivity contribution in [3.63, 3.8) is 0 Å². The Hall–Kier alpha value is -1.99. The number of hydrogen-bond donors (Lipinski definition) is 3. The first-order chi connectivity index (χ1) is 9.42. The number of primary amides is 1. The number of nitrogens with two attached hydrogens (primary N) is 2. The average molecular weight is 294 g/mol. The van der Waals surface area contributed by atoms with Gasteiger partial charge in [0.15, 0.2) is 0 Å². The van der Waals surface area contributed by atoms with Gasteiger partial charge in [0, 0.05) is 11.3 Å². The van der Waals surface area contributed by atoms with Crippen LogP contribution in [0, 0.1) is 0 Å². The summed E-state index contributed by atoms with van der Waals surface area (Å²) in [6.45, 7) is 2.56. The fourth-order valence-electron chi connectivity index (χ4n) is 1.65. The Morgan fingerprint density at radius 2 is 2.00 bits per heavy atom. The summed E-state index contributed by atoms with van der Waals surface area (Å²) in [7, 11) is 0. The minimum absolute atomic E-state index is 0.0524. The smallest absolute Gasteiger partial charge is 0.238 e. The molecule has 108 valence electrons. The van der Waals surface area contributed by atoms with Crippen molar-refractivity contribution in [1.82, 2.24) is 4.90 Å². The van der Waals surface area contributed by atoms with Crippen molar-refractivity contribution in [2.45, 2.75) is 6.92 Å². The van der Waals surface area contributed by atoms with E-state index in [-0.39, 0.29) is 24.0 Å². The molecule has 0 saturated heterocycles. The molecule has 0 unspecified atom stereocenters. The standard InChI is InChI=1S/C13H18N4O2S/c1-2-17(7-11(14)18)8-12(19)16-10-5-3-4-9(6-10)13(15)20/h3-6H,2,7-8H2,1H3,(H2,14,18)(H2,15,20)(H,16,19). The van der Waals surface area contributed by atoms with E-state index in [0.29, 0.717) is 17.8 Å². The molecule has 5 N–H and O–H groups in total. The first-order valence-corrected chi connectivity index (χ1v) is 6.53. The lowest BCUT2D eigenvalue weighted by atomic mass is 10.2. The number of nitrogens with zero attached hydrogens (tertiary/aromatic N) is 1. The number of anilines is 1. The van der Waals surface area contributed by atoms with Crippen molar-refractivity contribution in [3.8, 4) is 0 Å². The van der Waals surface area contributed by atoms with Gasteiger partial charge >= 0.3 is 0 Å². The minimum Gasteiger partial charge on any atom is -0.389 e. The van der Waals surface area contributed by atoms with E-state index >= 15 is 0 Å². The Morgan fingerprint density at radius 3 is 2.55 bits per heavy atom. The molecular weight excluding hydrogens is 276 g/mol. The van der Waals surface area contributed by atoms with Crippen molar-refractivity contribution in [2.75, 3.05) is 25.0 Å². The van der Waals surface area contributed by atoms with E-state index in [4.69, 9.17) is 23.7 Å². The van der Waals surface area contributed by atoms with Crippen molar-refractivity contribution < 1.29 is 9.59 Å². The lowest BCUT2D eigenvalue weighted by Gasteiger charge is -2.17. The fraction of sp³-hybridized carbons (Fsp3) is 0.308. The first kappa shape index (κ1) is 16.1. The predicted octanol–water partition coefficient (Wildman–Crippen LogP) is 0.0665. The molecule has 0 aliphatic carbocycles. The van der Waals surface area contributed by atoms with Gasteiger partial charge < -0.3 is 16.8 Å². The van der Waals surface area contributed by atoms with Gasteiger partial charge in [-0.2, -0.15) is 0 Å². The van der Waals surface area contributed by atoms with Gasteiger partial charge in [-0.15, -0.1) is 0 Å². The molecule has 2 amide bonds. The van der Waals surface area contributed by atoms with Crippen LogP contribution in [0.4, 0.5) is 5.69 Å². The zero-order valence-electron chi connectivity index (χ0n) is 11.3. The Balaban J connectivity index is 2.63. The van der Waals surface area contributed by atoms with Crippen LogP contribution in [0.3, 0.4) is 0 Å². The molecule has 0 saturated carbocycles. The predicted molar refractivity (Wildman–Crippen MR) is 82.3 cm³/mol. The summed E-state index contributed by atoms with van der Waals surface area (Å²) in [5.41, 5.74) is 11.9. The number of nitrogens with one attached hydrogen (secondary N) is 1. The van der Waals surface area contributed by atoms with E-state index in [1.54, 1.807) is 29.2 Å². The van der Waals surface area contributed by atoms with Gasteiger partial charge in [0.2, 0.25) is 11.8 Å². The summed E-state index contributed by atoms with van der Waals surface area (Å²) in [6.07, 6.45) is 0. The Labute approximate surface area is 123 Å². The Kier molecular flexibility index (Phi) is 6.08. The molecule has 6 nitrogen and oxygen atoms in total. The van der Waals surface area contributed by atoms with Crippen LogP contribution >= 0.6 is 12.2 Å². The van der Waals surface area contributed by atoms with Crippen LogP contribution in [0.25, 0.3) is 0 Å². The van der Waals surface area contributed by atoms with Gasteiger partial charge in [-0.05, 0) is 18.7 Å². The number of amides is 2. The molecule has 0 heterocycles. The molecule has 1 aromatic rings. The molecule has 0 aromatic heterocycles. The van der Waals surface area contributed by atoms with Crippen LogP contribution in [-0.2, 0) is 9.59 Å². The highest BCUT2D eigenvalue weighted by Gasteiger charge is 2.11. The van der Waals surface area contributed by atoms with Gasteiger partial charge in [-0.1, -0.05) is 31.3 Å². The number of hydrogen-bond acceptors (Lipinski definition) is 4. The molecule has 20 heavy (non-hydrogen) atoms. The second-order valence-electron chi connectivity index (χ2n) is 4.26. The summed E-state index contributed by atoms with van der Waals surface area (Å²) >= 11 is 4.88. The molecular formula is C13H18N4O2S. The van der Waals surface area contributed by atoms with Crippen LogP contribution < -0.4 is 16.8 Å². The maximum Gasteiger partial charge on any atom is 0.238 e. The number of rotatable bonds is 7. The monoisotopic (exact) mass is 294 g/mol. The molecule has 7 heteroatoms. The second kappa shape index (κ2) is 7.56. The summed E-state index contributed by atoms with van der Waals surface area (Å²) in [4.78, 5) is 24.6. The lowest BCUT2D eigenvalue weighted by molar-refractivity contribution is -0.121. The van der Waals surface area contributed by atoms with Crippen LogP contribution in [0.15, 0.2) is 24.3 Å². The quantitative estimate of drug-likeness (QED) is 0.618. The Bertz CT molecular complexity index is 519. The number of carbonyl (C=O) groups excluding carboxylic acids is 2. The SMILES string of the molecule is CCN(CC(N)=O)CC(=O)Nc1cccc(C(N)=S)c1. The second-order valence-corrected chi connectivity index (χ2v) is 4.70. The lowest BCUT2D eigenvalue weighted by Crippen LogP contribution is -2.39. The van der Waals surface area contributed by atoms with E-state index in [1.807, 2.05) is 6.92 Å². The third-order valence-electron chi connectivity index (χ3n) is 2.62. The first-order valence-electron chi connectivity index (χ1n) is 6.12. The topological polar surface area (TPSA) is 101 Å². The summed E-state index contributed by atoms with van der Waals surface area (Å²) < 4.78 is 0. The van der Waals surface area contributed by atoms with Crippen LogP contribution in [0.2, 0.25) is 0 Å². The third kappa shape index (κ3) is 5.33. The minimum atomic E-state index is -0.463. The van der Waals surface area contributed by atoms with Gasteiger partial charge in [0.1, 0.15) is 4.99 Å². The normalized spacial score (nSPS) is 10.3. The zero-order chi connectivity index (χ0) is 15.1. The molecule has 0 atom stereocenters. The highest BCUT2D eigenvalue weighted by atomic mass is 32.1. The van der Waals surface area contributed by atoms with Crippen LogP contribution in [0.1, 0.15) is 12.5 Å². The van der Waals surface area contributed by atoms with Crippen molar-refractivity contribution in [3.05, 3.63) is 29.8 Å². The van der Waals surface area contributed by atoms with Gasteiger partial charge in [-0.25, -0.2) is 0 Å². The third-order valence-corrected chi connectivity index (χ3v) is 2.86. The average Bonchev–Trinajstić information content (AvgIpc) is 2.37. The van der Waals surface area contributed by atoms with E-state index in [0.717, 1.165) is 0 Å². The van der Waals surface area contributed by atoms with Crippen LogP contribution in [-0.4, -0.2) is 41.3 Å². The van der Waals surface area contributed by atoms with E-state index in [1.165, 1.54) is 0 Å². The molecule has 0 bridgehead atoms. The largest absolute Gasteiger partial charge is 0.389 e. The van der Waals surface area contributed by atoms with Crippen molar-refractivity contribution in [1.29, 1.82) is 0 Å². The van der Waals surface area contributed by atoms with Crippen LogP contribution in [0.5, 0.6) is 0 Å². The van der Waals surface area contributed by atoms with E-state index in [9.17, 15) is 9.59 Å². The number of carbonyl (C=O) groups is 2. The number of thiocarbonyl (C=S) groups is 1. The molecule has 0 aliphatic rings. The van der Waals surface area contributed by atoms with Crippen molar-refractivity contribution >= 4 is 34.7 Å². The van der Waals surface area contributed by atoms with E-state index in [2.05, 4.69) is 5.32 Å². The molecule has 0 radical (unpaired) electrons. The maximum absolute atomic E-state index is 11.9. The summed E-state index contributed by atoms with van der Waals surface area (Å²) in [6, 6.07) is 6.96. The highest BCUT2D eigenvalue weighted by molar-refractivity contribution is 7.80.